The van der Waals surface area contributed by atoms with E-state index in [0.717, 1.165) is 18.9 Å². The van der Waals surface area contributed by atoms with Crippen molar-refractivity contribution in [2.75, 3.05) is 0 Å². The van der Waals surface area contributed by atoms with Gasteiger partial charge in [0.2, 0.25) is 0 Å². The van der Waals surface area contributed by atoms with Crippen LogP contribution in [-0.4, -0.2) is 22.3 Å². The molecule has 0 aliphatic heterocycles. The second-order valence-electron chi connectivity index (χ2n) is 5.16. The van der Waals surface area contributed by atoms with Crippen molar-refractivity contribution in [1.29, 1.82) is 0 Å². The molecule has 0 aromatic heterocycles. The molecule has 0 atom stereocenters. The number of hydrazone groups is 1. The van der Waals surface area contributed by atoms with Crippen LogP contribution in [0, 0.1) is 10.1 Å². The van der Waals surface area contributed by atoms with Crippen LogP contribution in [0.15, 0.2) is 23.3 Å². The number of hydrogen-bond donors (Lipinski definition) is 2. The van der Waals surface area contributed by atoms with Crippen LogP contribution >= 0.6 is 12.2 Å². The molecule has 22 heavy (non-hydrogen) atoms. The normalized spacial score (nSPS) is 15.6. The number of hydrogen-bond acceptors (Lipinski definition) is 5. The SMILES string of the molecule is O=[N+]([O-])c1cc(/C=N\NC(=S)NC2CCCCC2)ccc1[O-]. The van der Waals surface area contributed by atoms with Gasteiger partial charge in [-0.15, -0.1) is 0 Å². The number of nitrogens with one attached hydrogen (secondary N) is 2. The molecule has 0 bridgehead atoms. The molecular formula is C14H17N4O3S-. The number of benzene rings is 1. The average Bonchev–Trinajstić information content (AvgIpc) is 2.49. The molecule has 0 saturated heterocycles. The van der Waals surface area contributed by atoms with Gasteiger partial charge < -0.3 is 10.4 Å². The third-order valence-corrected chi connectivity index (χ3v) is 3.71. The molecular weight excluding hydrogens is 304 g/mol. The van der Waals surface area contributed by atoms with Gasteiger partial charge >= 0.3 is 0 Å². The molecule has 0 radical (unpaired) electrons. The van der Waals surface area contributed by atoms with E-state index in [9.17, 15) is 15.2 Å². The third-order valence-electron chi connectivity index (χ3n) is 3.50. The summed E-state index contributed by atoms with van der Waals surface area (Å²) >= 11 is 5.14. The Morgan fingerprint density at radius 3 is 2.77 bits per heavy atom. The minimum atomic E-state index is -0.706. The first-order valence-electron chi connectivity index (χ1n) is 7.11. The molecule has 1 aliphatic carbocycles. The topological polar surface area (TPSA) is 103 Å². The maximum atomic E-state index is 11.3. The highest BCUT2D eigenvalue weighted by Gasteiger charge is 2.13. The summed E-state index contributed by atoms with van der Waals surface area (Å²) in [6, 6.07) is 4.19. The summed E-state index contributed by atoms with van der Waals surface area (Å²) in [5.41, 5.74) is 2.68. The maximum absolute atomic E-state index is 11.3. The lowest BCUT2D eigenvalue weighted by Crippen LogP contribution is -2.40. The van der Waals surface area contributed by atoms with Crippen LogP contribution in [0.4, 0.5) is 5.69 Å². The fraction of sp³-hybridized carbons (Fsp3) is 0.429. The fourth-order valence-electron chi connectivity index (χ4n) is 2.39. The highest BCUT2D eigenvalue weighted by Crippen LogP contribution is 2.22. The van der Waals surface area contributed by atoms with Crippen molar-refractivity contribution in [2.45, 2.75) is 38.1 Å². The zero-order valence-corrected chi connectivity index (χ0v) is 12.8. The van der Waals surface area contributed by atoms with Crippen LogP contribution in [0.1, 0.15) is 37.7 Å². The van der Waals surface area contributed by atoms with Crippen molar-refractivity contribution in [3.8, 4) is 5.75 Å². The van der Waals surface area contributed by atoms with Gasteiger partial charge in [0.25, 0.3) is 5.69 Å². The number of nitro groups is 1. The molecule has 1 aliphatic rings. The number of nitro benzene ring substituents is 1. The van der Waals surface area contributed by atoms with Gasteiger partial charge in [-0.25, -0.2) is 0 Å². The van der Waals surface area contributed by atoms with Crippen molar-refractivity contribution in [2.24, 2.45) is 5.10 Å². The van der Waals surface area contributed by atoms with Gasteiger partial charge in [0.15, 0.2) is 5.11 Å². The van der Waals surface area contributed by atoms with Gasteiger partial charge in [-0.05, 0) is 30.8 Å². The summed E-state index contributed by atoms with van der Waals surface area (Å²) < 4.78 is 0. The van der Waals surface area contributed by atoms with Crippen molar-refractivity contribution < 1.29 is 10.0 Å². The van der Waals surface area contributed by atoms with E-state index >= 15 is 0 Å². The molecule has 1 aromatic rings. The zero-order chi connectivity index (χ0) is 15.9. The van der Waals surface area contributed by atoms with E-state index in [-0.39, 0.29) is 0 Å². The molecule has 0 heterocycles. The Kier molecular flexibility index (Phi) is 5.65. The minimum absolute atomic E-state index is 0.379. The summed E-state index contributed by atoms with van der Waals surface area (Å²) in [6.45, 7) is 0. The molecule has 2 rings (SSSR count). The van der Waals surface area contributed by atoms with E-state index in [2.05, 4.69) is 15.8 Å². The first-order chi connectivity index (χ1) is 10.6. The second-order valence-corrected chi connectivity index (χ2v) is 5.57. The predicted molar refractivity (Wildman–Crippen MR) is 85.9 cm³/mol. The van der Waals surface area contributed by atoms with Crippen molar-refractivity contribution in [1.82, 2.24) is 10.7 Å². The molecule has 7 nitrogen and oxygen atoms in total. The first-order valence-corrected chi connectivity index (χ1v) is 7.52. The van der Waals surface area contributed by atoms with Crippen LogP contribution in [0.3, 0.4) is 0 Å². The number of rotatable bonds is 4. The quantitative estimate of drug-likeness (QED) is 0.379. The molecule has 1 saturated carbocycles. The second kappa shape index (κ2) is 7.69. The largest absolute Gasteiger partial charge is 0.868 e. The van der Waals surface area contributed by atoms with E-state index in [1.54, 1.807) is 0 Å². The lowest BCUT2D eigenvalue weighted by Gasteiger charge is -2.23. The van der Waals surface area contributed by atoms with Gasteiger partial charge in [-0.3, -0.25) is 15.5 Å². The van der Waals surface area contributed by atoms with Crippen molar-refractivity contribution >= 4 is 29.2 Å². The predicted octanol–water partition coefficient (Wildman–Crippen LogP) is 1.80. The smallest absolute Gasteiger partial charge is 0.262 e. The molecule has 8 heteroatoms. The summed E-state index contributed by atoms with van der Waals surface area (Å²) in [5.74, 6) is -0.621. The van der Waals surface area contributed by atoms with Crippen LogP contribution in [-0.2, 0) is 0 Å². The summed E-state index contributed by atoms with van der Waals surface area (Å²) in [6.07, 6.45) is 7.27. The number of thiocarbonyl (C=S) groups is 1. The minimum Gasteiger partial charge on any atom is -0.868 e. The maximum Gasteiger partial charge on any atom is 0.262 e. The van der Waals surface area contributed by atoms with Crippen LogP contribution < -0.4 is 15.8 Å². The molecule has 0 unspecified atom stereocenters. The van der Waals surface area contributed by atoms with Crippen molar-refractivity contribution in [3.05, 3.63) is 33.9 Å². The van der Waals surface area contributed by atoms with Gasteiger partial charge in [0.05, 0.1) is 11.1 Å². The van der Waals surface area contributed by atoms with E-state index in [1.165, 1.54) is 37.6 Å². The third kappa shape index (κ3) is 4.66. The Labute approximate surface area is 133 Å². The van der Waals surface area contributed by atoms with Crippen LogP contribution in [0.5, 0.6) is 5.75 Å². The summed E-state index contributed by atoms with van der Waals surface area (Å²) in [4.78, 5) is 9.99. The Morgan fingerprint density at radius 1 is 1.36 bits per heavy atom. The molecule has 0 amide bonds. The Balaban J connectivity index is 1.87. The fourth-order valence-corrected chi connectivity index (χ4v) is 2.61. The molecule has 118 valence electrons. The Morgan fingerprint density at radius 2 is 2.09 bits per heavy atom. The van der Waals surface area contributed by atoms with Crippen LogP contribution in [0.2, 0.25) is 0 Å². The van der Waals surface area contributed by atoms with E-state index in [4.69, 9.17) is 12.2 Å². The average molecular weight is 321 g/mol. The van der Waals surface area contributed by atoms with E-state index in [0.29, 0.717) is 16.7 Å². The van der Waals surface area contributed by atoms with Gasteiger partial charge in [-0.1, -0.05) is 31.4 Å². The Hall–Kier alpha value is -2.22. The zero-order valence-electron chi connectivity index (χ0n) is 11.9. The van der Waals surface area contributed by atoms with Gasteiger partial charge in [0, 0.05) is 17.7 Å². The van der Waals surface area contributed by atoms with E-state index < -0.39 is 16.4 Å². The highest BCUT2D eigenvalue weighted by atomic mass is 32.1. The highest BCUT2D eigenvalue weighted by molar-refractivity contribution is 7.80. The van der Waals surface area contributed by atoms with Crippen LogP contribution in [0.25, 0.3) is 0 Å². The lowest BCUT2D eigenvalue weighted by molar-refractivity contribution is -0.398. The molecule has 1 aromatic carbocycles. The van der Waals surface area contributed by atoms with Gasteiger partial charge in [0.1, 0.15) is 0 Å². The van der Waals surface area contributed by atoms with Gasteiger partial charge in [-0.2, -0.15) is 5.10 Å². The van der Waals surface area contributed by atoms with E-state index in [1.807, 2.05) is 0 Å². The Bertz CT molecular complexity index is 585. The van der Waals surface area contributed by atoms with Crippen molar-refractivity contribution in [3.63, 3.8) is 0 Å². The number of nitrogens with zero attached hydrogens (tertiary/aromatic N) is 2. The monoisotopic (exact) mass is 321 g/mol. The summed E-state index contributed by atoms with van der Waals surface area (Å²) in [5, 5.41) is 29.5. The first kappa shape index (κ1) is 16.2. The molecule has 0 spiro atoms. The lowest BCUT2D eigenvalue weighted by atomic mass is 9.96. The standard InChI is InChI=1S/C14H18N4O3S/c19-13-7-6-10(8-12(13)18(20)21)9-15-17-14(22)16-11-4-2-1-3-5-11/h6-9,11,19H,1-5H2,(H2,16,17,22)/p-1/b15-9-. The summed E-state index contributed by atoms with van der Waals surface area (Å²) in [7, 11) is 0. The molecule has 1 fully saturated rings. The molecule has 2 N–H and O–H groups in total.